The minimum absolute atomic E-state index is 0.000301. The molecule has 0 N–H and O–H groups in total. The lowest BCUT2D eigenvalue weighted by atomic mass is 9.39. The van der Waals surface area contributed by atoms with Gasteiger partial charge < -0.3 is 0 Å². The van der Waals surface area contributed by atoms with Gasteiger partial charge in [0.1, 0.15) is 0 Å². The van der Waals surface area contributed by atoms with E-state index in [4.69, 9.17) is 0 Å². The maximum absolute atomic E-state index is 2.53. The number of rotatable bonds is 1. The summed E-state index contributed by atoms with van der Waals surface area (Å²) in [4.78, 5) is 0. The van der Waals surface area contributed by atoms with Crippen molar-refractivity contribution in [1.82, 2.24) is 0 Å². The molecule has 2 aromatic carbocycles. The fourth-order valence-corrected chi connectivity index (χ4v) is 6.92. The van der Waals surface area contributed by atoms with Gasteiger partial charge in [0.15, 0.2) is 0 Å². The molecule has 3 rings (SSSR count). The Balaban J connectivity index is 2.58. The Morgan fingerprint density at radius 1 is 0.577 bits per heavy atom. The van der Waals surface area contributed by atoms with E-state index in [0.717, 1.165) is 0 Å². The SMILES string of the molecule is CC(C)(C)C1(C)c2ccccc2C(C)(C)C1(c1ccccc1)C(C)(C)C. The van der Waals surface area contributed by atoms with E-state index in [9.17, 15) is 0 Å². The molecule has 0 fully saturated rings. The van der Waals surface area contributed by atoms with Gasteiger partial charge in [-0.3, -0.25) is 0 Å². The van der Waals surface area contributed by atoms with Gasteiger partial charge in [-0.1, -0.05) is 117 Å². The summed E-state index contributed by atoms with van der Waals surface area (Å²) in [7, 11) is 0. The molecule has 0 heteroatoms. The highest BCUT2D eigenvalue weighted by molar-refractivity contribution is 5.59. The number of fused-ring (bicyclic) bond motifs is 1. The summed E-state index contributed by atoms with van der Waals surface area (Å²) in [5.74, 6) is 0. The van der Waals surface area contributed by atoms with Crippen LogP contribution in [0.4, 0.5) is 0 Å². The monoisotopic (exact) mass is 348 g/mol. The Morgan fingerprint density at radius 2 is 1.04 bits per heavy atom. The van der Waals surface area contributed by atoms with Gasteiger partial charge in [0.05, 0.1) is 0 Å². The van der Waals surface area contributed by atoms with E-state index < -0.39 is 0 Å². The average Bonchev–Trinajstić information content (AvgIpc) is 2.70. The van der Waals surface area contributed by atoms with Gasteiger partial charge in [0.2, 0.25) is 0 Å². The normalized spacial score (nSPS) is 28.0. The molecule has 1 aliphatic rings. The van der Waals surface area contributed by atoms with Gasteiger partial charge >= 0.3 is 0 Å². The van der Waals surface area contributed by atoms with Crippen molar-refractivity contribution in [2.75, 3.05) is 0 Å². The van der Waals surface area contributed by atoms with Crippen LogP contribution in [0.5, 0.6) is 0 Å². The first-order valence-corrected chi connectivity index (χ1v) is 9.99. The second kappa shape index (κ2) is 5.47. The predicted molar refractivity (Wildman–Crippen MR) is 114 cm³/mol. The molecule has 0 radical (unpaired) electrons. The van der Waals surface area contributed by atoms with Crippen LogP contribution in [0.1, 0.15) is 79.0 Å². The van der Waals surface area contributed by atoms with Gasteiger partial charge in [0, 0.05) is 16.2 Å². The summed E-state index contributed by atoms with van der Waals surface area (Å²) >= 11 is 0. The molecule has 0 aliphatic heterocycles. The molecule has 0 bridgehead atoms. The minimum atomic E-state index is -0.0316. The first kappa shape index (κ1) is 19.2. The fraction of sp³-hybridized carbons (Fsp3) is 0.538. The molecule has 1 aliphatic carbocycles. The van der Waals surface area contributed by atoms with Crippen molar-refractivity contribution >= 4 is 0 Å². The van der Waals surface area contributed by atoms with Crippen LogP contribution in [-0.4, -0.2) is 0 Å². The lowest BCUT2D eigenvalue weighted by molar-refractivity contribution is -0.0228. The van der Waals surface area contributed by atoms with Crippen LogP contribution in [0, 0.1) is 10.8 Å². The van der Waals surface area contributed by atoms with Gasteiger partial charge in [-0.05, 0) is 27.5 Å². The molecule has 26 heavy (non-hydrogen) atoms. The Labute approximate surface area is 161 Å². The van der Waals surface area contributed by atoms with Crippen molar-refractivity contribution in [3.8, 4) is 0 Å². The first-order valence-electron chi connectivity index (χ1n) is 9.99. The van der Waals surface area contributed by atoms with E-state index in [1.807, 2.05) is 0 Å². The minimum Gasteiger partial charge on any atom is -0.0622 e. The zero-order valence-electron chi connectivity index (χ0n) is 18.2. The predicted octanol–water partition coefficient (Wildman–Crippen LogP) is 7.27. The smallest absolute Gasteiger partial charge is 0.0192 e. The van der Waals surface area contributed by atoms with Crippen LogP contribution < -0.4 is 0 Å². The Hall–Kier alpha value is -1.56. The summed E-state index contributed by atoms with van der Waals surface area (Å²) in [6.45, 7) is 22.1. The quantitative estimate of drug-likeness (QED) is 0.508. The molecule has 2 aromatic rings. The van der Waals surface area contributed by atoms with Gasteiger partial charge in [-0.25, -0.2) is 0 Å². The third-order valence-electron chi connectivity index (χ3n) is 7.66. The summed E-state index contributed by atoms with van der Waals surface area (Å²) in [6, 6.07) is 20.5. The van der Waals surface area contributed by atoms with Crippen LogP contribution in [0.2, 0.25) is 0 Å². The molecule has 140 valence electrons. The average molecular weight is 349 g/mol. The van der Waals surface area contributed by atoms with Gasteiger partial charge in [-0.2, -0.15) is 0 Å². The first-order chi connectivity index (χ1) is 11.8. The second-order valence-corrected chi connectivity index (χ2v) is 10.9. The van der Waals surface area contributed by atoms with E-state index in [1.165, 1.54) is 16.7 Å². The molecule has 0 saturated carbocycles. The molecule has 0 heterocycles. The molecule has 0 amide bonds. The number of benzene rings is 2. The zero-order valence-corrected chi connectivity index (χ0v) is 18.2. The van der Waals surface area contributed by atoms with E-state index in [0.29, 0.717) is 0 Å². The van der Waals surface area contributed by atoms with Crippen LogP contribution in [-0.2, 0) is 16.2 Å². The zero-order chi connectivity index (χ0) is 19.6. The standard InChI is InChI=1S/C26H36/c1-22(2,3)25(9)21-18-14-13-17-20(21)24(7,8)26(25,23(4,5)6)19-15-11-10-12-16-19/h10-18H,1-9H3. The maximum atomic E-state index is 2.53. The van der Waals surface area contributed by atoms with E-state index in [2.05, 4.69) is 117 Å². The molecule has 0 spiro atoms. The Morgan fingerprint density at radius 3 is 1.50 bits per heavy atom. The molecule has 0 saturated heterocycles. The van der Waals surface area contributed by atoms with Crippen molar-refractivity contribution in [2.45, 2.75) is 78.6 Å². The fourth-order valence-electron chi connectivity index (χ4n) is 6.92. The van der Waals surface area contributed by atoms with Gasteiger partial charge in [-0.15, -0.1) is 0 Å². The van der Waals surface area contributed by atoms with E-state index in [1.54, 1.807) is 0 Å². The summed E-state index contributed by atoms with van der Waals surface area (Å²) < 4.78 is 0. The highest BCUT2D eigenvalue weighted by Gasteiger charge is 2.72. The third kappa shape index (κ3) is 2.02. The largest absolute Gasteiger partial charge is 0.0622 e. The lowest BCUT2D eigenvalue weighted by Crippen LogP contribution is -2.64. The highest BCUT2D eigenvalue weighted by Crippen LogP contribution is 2.73. The third-order valence-corrected chi connectivity index (χ3v) is 7.66. The van der Waals surface area contributed by atoms with Crippen molar-refractivity contribution in [3.63, 3.8) is 0 Å². The summed E-state index contributed by atoms with van der Waals surface area (Å²) in [5.41, 5.74) is 4.68. The highest BCUT2D eigenvalue weighted by atomic mass is 14.7. The van der Waals surface area contributed by atoms with Crippen molar-refractivity contribution < 1.29 is 0 Å². The molecule has 0 nitrogen and oxygen atoms in total. The maximum Gasteiger partial charge on any atom is 0.0192 e. The van der Waals surface area contributed by atoms with Crippen LogP contribution in [0.3, 0.4) is 0 Å². The number of hydrogen-bond acceptors (Lipinski definition) is 0. The van der Waals surface area contributed by atoms with Crippen molar-refractivity contribution in [3.05, 3.63) is 71.3 Å². The Kier molecular flexibility index (Phi) is 4.04. The van der Waals surface area contributed by atoms with E-state index in [-0.39, 0.29) is 27.1 Å². The topological polar surface area (TPSA) is 0 Å². The van der Waals surface area contributed by atoms with Crippen molar-refractivity contribution in [1.29, 1.82) is 0 Å². The second-order valence-electron chi connectivity index (χ2n) is 10.9. The molecule has 2 atom stereocenters. The van der Waals surface area contributed by atoms with Crippen molar-refractivity contribution in [2.24, 2.45) is 10.8 Å². The Bertz CT molecular complexity index is 798. The summed E-state index contributed by atoms with van der Waals surface area (Å²) in [6.07, 6.45) is 0. The van der Waals surface area contributed by atoms with Crippen LogP contribution in [0.15, 0.2) is 54.6 Å². The van der Waals surface area contributed by atoms with Crippen LogP contribution in [0.25, 0.3) is 0 Å². The molecule has 0 aromatic heterocycles. The lowest BCUT2D eigenvalue weighted by Gasteiger charge is -2.63. The molecular formula is C26H36. The molecule has 2 unspecified atom stereocenters. The van der Waals surface area contributed by atoms with Gasteiger partial charge in [0.25, 0.3) is 0 Å². The molecular weight excluding hydrogens is 312 g/mol. The summed E-state index contributed by atoms with van der Waals surface area (Å²) in [5, 5.41) is 0. The van der Waals surface area contributed by atoms with Crippen LogP contribution >= 0.6 is 0 Å². The van der Waals surface area contributed by atoms with E-state index >= 15 is 0 Å². The number of hydrogen-bond donors (Lipinski definition) is 0.